The number of halogens is 1. The summed E-state index contributed by atoms with van der Waals surface area (Å²) in [6.07, 6.45) is 0. The summed E-state index contributed by atoms with van der Waals surface area (Å²) in [6.45, 7) is 0. The predicted octanol–water partition coefficient (Wildman–Crippen LogP) is 9.25. The molecule has 5 aromatic carbocycles. The van der Waals surface area contributed by atoms with Gasteiger partial charge in [-0.3, -0.25) is 0 Å². The van der Waals surface area contributed by atoms with Gasteiger partial charge < -0.3 is 4.90 Å². The van der Waals surface area contributed by atoms with Crippen LogP contribution in [-0.4, -0.2) is 0 Å². The Morgan fingerprint density at radius 1 is 0.375 bits per heavy atom. The second-order valence-electron chi connectivity index (χ2n) is 7.65. The minimum absolute atomic E-state index is 1.05. The van der Waals surface area contributed by atoms with E-state index in [1.807, 2.05) is 12.1 Å². The van der Waals surface area contributed by atoms with Crippen LogP contribution in [0, 0.1) is 0 Å². The van der Waals surface area contributed by atoms with E-state index in [-0.39, 0.29) is 0 Å². The Morgan fingerprint density at radius 3 is 1.44 bits per heavy atom. The summed E-state index contributed by atoms with van der Waals surface area (Å²) in [5.74, 6) is 0. The highest BCUT2D eigenvalue weighted by Gasteiger charge is 2.14. The van der Waals surface area contributed by atoms with Crippen LogP contribution >= 0.6 is 15.9 Å². The summed E-state index contributed by atoms with van der Waals surface area (Å²) in [4.78, 5) is 2.30. The molecule has 0 saturated heterocycles. The zero-order chi connectivity index (χ0) is 21.8. The first-order chi connectivity index (χ1) is 15.8. The molecule has 32 heavy (non-hydrogen) atoms. The van der Waals surface area contributed by atoms with Crippen molar-refractivity contribution < 1.29 is 0 Å². The number of hydrogen-bond acceptors (Lipinski definition) is 1. The molecule has 5 rings (SSSR count). The van der Waals surface area contributed by atoms with Crippen molar-refractivity contribution in [1.29, 1.82) is 0 Å². The standard InChI is InChI=1S/C30H22BrN/c31-27-20-26(24-12-6-2-7-13-24)21-30(22-27)32(28-14-8-3-9-15-28)29-18-16-25(17-19-29)23-10-4-1-5-11-23/h1-22H. The third-order valence-electron chi connectivity index (χ3n) is 5.49. The van der Waals surface area contributed by atoms with Gasteiger partial charge in [-0.1, -0.05) is 107 Å². The van der Waals surface area contributed by atoms with Gasteiger partial charge in [-0.05, 0) is 64.7 Å². The summed E-state index contributed by atoms with van der Waals surface area (Å²) in [5.41, 5.74) is 8.15. The average Bonchev–Trinajstić information content (AvgIpc) is 2.86. The van der Waals surface area contributed by atoms with Crippen LogP contribution in [0.5, 0.6) is 0 Å². The minimum Gasteiger partial charge on any atom is -0.310 e. The molecule has 0 spiro atoms. The summed E-state index contributed by atoms with van der Waals surface area (Å²) >= 11 is 3.74. The van der Waals surface area contributed by atoms with Crippen LogP contribution in [0.1, 0.15) is 0 Å². The van der Waals surface area contributed by atoms with Gasteiger partial charge in [-0.15, -0.1) is 0 Å². The molecule has 0 radical (unpaired) electrons. The molecule has 0 amide bonds. The number of hydrogen-bond donors (Lipinski definition) is 0. The molecular formula is C30H22BrN. The van der Waals surface area contributed by atoms with Gasteiger partial charge in [-0.25, -0.2) is 0 Å². The Morgan fingerprint density at radius 2 is 0.844 bits per heavy atom. The van der Waals surface area contributed by atoms with Crippen molar-refractivity contribution in [2.24, 2.45) is 0 Å². The molecule has 0 fully saturated rings. The van der Waals surface area contributed by atoms with Crippen molar-refractivity contribution in [3.05, 3.63) is 138 Å². The van der Waals surface area contributed by atoms with E-state index in [9.17, 15) is 0 Å². The van der Waals surface area contributed by atoms with Gasteiger partial charge in [0.1, 0.15) is 0 Å². The molecule has 0 aliphatic rings. The van der Waals surface area contributed by atoms with Gasteiger partial charge in [0.15, 0.2) is 0 Å². The second-order valence-corrected chi connectivity index (χ2v) is 8.56. The fourth-order valence-corrected chi connectivity index (χ4v) is 4.44. The molecule has 0 bridgehead atoms. The lowest BCUT2D eigenvalue weighted by molar-refractivity contribution is 1.28. The summed E-state index contributed by atoms with van der Waals surface area (Å²) in [6, 6.07) is 46.8. The minimum atomic E-state index is 1.05. The van der Waals surface area contributed by atoms with Crippen LogP contribution in [0.2, 0.25) is 0 Å². The molecule has 0 atom stereocenters. The largest absolute Gasteiger partial charge is 0.310 e. The molecule has 0 N–H and O–H groups in total. The molecule has 1 nitrogen and oxygen atoms in total. The van der Waals surface area contributed by atoms with Crippen molar-refractivity contribution in [1.82, 2.24) is 0 Å². The lowest BCUT2D eigenvalue weighted by atomic mass is 10.0. The number of rotatable bonds is 5. The van der Waals surface area contributed by atoms with Crippen molar-refractivity contribution in [2.75, 3.05) is 4.90 Å². The molecular weight excluding hydrogens is 454 g/mol. The highest BCUT2D eigenvalue weighted by molar-refractivity contribution is 9.10. The first kappa shape index (κ1) is 20.3. The highest BCUT2D eigenvalue weighted by atomic mass is 79.9. The summed E-state index contributed by atoms with van der Waals surface area (Å²) < 4.78 is 1.05. The Labute approximate surface area is 197 Å². The van der Waals surface area contributed by atoms with Crippen LogP contribution in [0.4, 0.5) is 17.1 Å². The van der Waals surface area contributed by atoms with Crippen molar-refractivity contribution in [3.8, 4) is 22.3 Å². The van der Waals surface area contributed by atoms with Gasteiger partial charge >= 0.3 is 0 Å². The molecule has 0 heterocycles. The van der Waals surface area contributed by atoms with Crippen LogP contribution in [0.15, 0.2) is 138 Å². The Hall–Kier alpha value is -3.62. The van der Waals surface area contributed by atoms with Crippen molar-refractivity contribution >= 4 is 33.0 Å². The normalized spacial score (nSPS) is 10.7. The second kappa shape index (κ2) is 9.25. The molecule has 0 aliphatic heterocycles. The molecule has 0 aliphatic carbocycles. The molecule has 0 unspecified atom stereocenters. The van der Waals surface area contributed by atoms with E-state index < -0.39 is 0 Å². The quantitative estimate of drug-likeness (QED) is 0.244. The van der Waals surface area contributed by atoms with Crippen LogP contribution in [0.3, 0.4) is 0 Å². The smallest absolute Gasteiger partial charge is 0.0479 e. The van der Waals surface area contributed by atoms with Gasteiger partial charge in [0.05, 0.1) is 0 Å². The fourth-order valence-electron chi connectivity index (χ4n) is 3.96. The topological polar surface area (TPSA) is 3.24 Å². The van der Waals surface area contributed by atoms with E-state index in [1.54, 1.807) is 0 Å². The highest BCUT2D eigenvalue weighted by Crippen LogP contribution is 2.39. The Kier molecular flexibility index (Phi) is 5.87. The van der Waals surface area contributed by atoms with Crippen LogP contribution in [0.25, 0.3) is 22.3 Å². The van der Waals surface area contributed by atoms with E-state index in [2.05, 4.69) is 142 Å². The fraction of sp³-hybridized carbons (Fsp3) is 0. The number of para-hydroxylation sites is 1. The number of nitrogens with zero attached hydrogens (tertiary/aromatic N) is 1. The van der Waals surface area contributed by atoms with Crippen LogP contribution < -0.4 is 4.90 Å². The van der Waals surface area contributed by atoms with E-state index in [1.165, 1.54) is 22.3 Å². The summed E-state index contributed by atoms with van der Waals surface area (Å²) in [7, 11) is 0. The molecule has 154 valence electrons. The van der Waals surface area contributed by atoms with Gasteiger partial charge in [-0.2, -0.15) is 0 Å². The monoisotopic (exact) mass is 475 g/mol. The lowest BCUT2D eigenvalue weighted by Gasteiger charge is -2.26. The van der Waals surface area contributed by atoms with Crippen LogP contribution in [-0.2, 0) is 0 Å². The van der Waals surface area contributed by atoms with E-state index in [4.69, 9.17) is 0 Å². The maximum atomic E-state index is 3.74. The Balaban J connectivity index is 1.61. The number of benzene rings is 5. The SMILES string of the molecule is Brc1cc(-c2ccccc2)cc(N(c2ccccc2)c2ccc(-c3ccccc3)cc2)c1. The molecule has 5 aromatic rings. The summed E-state index contributed by atoms with van der Waals surface area (Å²) in [5, 5.41) is 0. The first-order valence-electron chi connectivity index (χ1n) is 10.6. The van der Waals surface area contributed by atoms with E-state index in [0.717, 1.165) is 21.5 Å². The molecule has 0 aromatic heterocycles. The van der Waals surface area contributed by atoms with E-state index in [0.29, 0.717) is 0 Å². The van der Waals surface area contributed by atoms with Gasteiger partial charge in [0, 0.05) is 21.5 Å². The predicted molar refractivity (Wildman–Crippen MR) is 140 cm³/mol. The lowest BCUT2D eigenvalue weighted by Crippen LogP contribution is -2.10. The van der Waals surface area contributed by atoms with Gasteiger partial charge in [0.2, 0.25) is 0 Å². The first-order valence-corrected chi connectivity index (χ1v) is 11.4. The van der Waals surface area contributed by atoms with Crippen molar-refractivity contribution in [2.45, 2.75) is 0 Å². The zero-order valence-electron chi connectivity index (χ0n) is 17.5. The third kappa shape index (κ3) is 4.37. The molecule has 2 heteroatoms. The maximum absolute atomic E-state index is 3.74. The van der Waals surface area contributed by atoms with E-state index >= 15 is 0 Å². The number of anilines is 3. The van der Waals surface area contributed by atoms with Gasteiger partial charge in [0.25, 0.3) is 0 Å². The maximum Gasteiger partial charge on any atom is 0.0479 e. The third-order valence-corrected chi connectivity index (χ3v) is 5.95. The average molecular weight is 476 g/mol. The van der Waals surface area contributed by atoms with Crippen molar-refractivity contribution in [3.63, 3.8) is 0 Å². The Bertz CT molecular complexity index is 1300. The molecule has 0 saturated carbocycles. The zero-order valence-corrected chi connectivity index (χ0v) is 19.1.